The zero-order chi connectivity index (χ0) is 20.2. The first-order valence-electron chi connectivity index (χ1n) is 9.41. The summed E-state index contributed by atoms with van der Waals surface area (Å²) < 4.78 is 5.14. The van der Waals surface area contributed by atoms with Crippen molar-refractivity contribution in [2.75, 3.05) is 23.9 Å². The molecule has 146 valence electrons. The highest BCUT2D eigenvalue weighted by atomic mass is 16.5. The van der Waals surface area contributed by atoms with Gasteiger partial charge in [-0.15, -0.1) is 0 Å². The average Bonchev–Trinajstić information content (AvgIpc) is 3.17. The maximum atomic E-state index is 12.8. The molecule has 1 N–H and O–H groups in total. The molecule has 0 atom stereocenters. The van der Waals surface area contributed by atoms with Crippen molar-refractivity contribution in [2.24, 2.45) is 0 Å². The van der Waals surface area contributed by atoms with Crippen molar-refractivity contribution >= 4 is 23.2 Å². The lowest BCUT2D eigenvalue weighted by Gasteiger charge is -2.18. The van der Waals surface area contributed by atoms with E-state index in [-0.39, 0.29) is 18.2 Å². The Labute approximate surface area is 169 Å². The van der Waals surface area contributed by atoms with E-state index in [0.717, 1.165) is 29.0 Å². The van der Waals surface area contributed by atoms with Crippen molar-refractivity contribution in [1.29, 1.82) is 0 Å². The topological polar surface area (TPSA) is 71.5 Å². The number of rotatable bonds is 5. The van der Waals surface area contributed by atoms with E-state index < -0.39 is 0 Å². The zero-order valence-corrected chi connectivity index (χ0v) is 16.1. The predicted molar refractivity (Wildman–Crippen MR) is 111 cm³/mol. The number of aromatic nitrogens is 1. The summed E-state index contributed by atoms with van der Waals surface area (Å²) in [5.41, 5.74) is 4.12. The van der Waals surface area contributed by atoms with Gasteiger partial charge in [0, 0.05) is 35.9 Å². The Morgan fingerprint density at radius 3 is 2.55 bits per heavy atom. The average molecular weight is 387 g/mol. The molecule has 1 aliphatic heterocycles. The molecule has 2 heterocycles. The number of fused-ring (bicyclic) bond motifs is 1. The SMILES string of the molecule is COc1ccc(CC(=O)Nc2ccc3c(c2)N(C(=O)c2ccncc2)CC3)cc1. The van der Waals surface area contributed by atoms with Crippen molar-refractivity contribution in [1.82, 2.24) is 4.98 Å². The number of hydrogen-bond donors (Lipinski definition) is 1. The highest BCUT2D eigenvalue weighted by Gasteiger charge is 2.26. The quantitative estimate of drug-likeness (QED) is 0.728. The summed E-state index contributed by atoms with van der Waals surface area (Å²) in [6.07, 6.45) is 4.28. The van der Waals surface area contributed by atoms with Gasteiger partial charge in [-0.05, 0) is 53.9 Å². The highest BCUT2D eigenvalue weighted by Crippen LogP contribution is 2.32. The van der Waals surface area contributed by atoms with Crippen LogP contribution in [0.15, 0.2) is 67.0 Å². The van der Waals surface area contributed by atoms with Crippen molar-refractivity contribution in [3.05, 3.63) is 83.7 Å². The molecule has 0 saturated carbocycles. The standard InChI is InChI=1S/C23H21N3O3/c1-29-20-6-2-16(3-7-20)14-22(27)25-19-5-4-17-10-13-26(21(17)15-19)23(28)18-8-11-24-12-9-18/h2-9,11-12,15H,10,13-14H2,1H3,(H,25,27). The van der Waals surface area contributed by atoms with Gasteiger partial charge in [0.2, 0.25) is 5.91 Å². The maximum absolute atomic E-state index is 12.8. The molecule has 2 amide bonds. The van der Waals surface area contributed by atoms with E-state index in [1.807, 2.05) is 42.5 Å². The Kier molecular flexibility index (Phi) is 5.24. The molecular weight excluding hydrogens is 366 g/mol. The lowest BCUT2D eigenvalue weighted by molar-refractivity contribution is -0.115. The monoisotopic (exact) mass is 387 g/mol. The minimum atomic E-state index is -0.111. The number of methoxy groups -OCH3 is 1. The lowest BCUT2D eigenvalue weighted by atomic mass is 10.1. The van der Waals surface area contributed by atoms with Crippen LogP contribution in [-0.4, -0.2) is 30.5 Å². The molecule has 6 heteroatoms. The molecule has 0 radical (unpaired) electrons. The first-order valence-corrected chi connectivity index (χ1v) is 9.41. The fraction of sp³-hybridized carbons (Fsp3) is 0.174. The van der Waals surface area contributed by atoms with E-state index in [1.54, 1.807) is 36.5 Å². The van der Waals surface area contributed by atoms with Crippen molar-refractivity contribution in [2.45, 2.75) is 12.8 Å². The van der Waals surface area contributed by atoms with Crippen LogP contribution in [0.1, 0.15) is 21.5 Å². The van der Waals surface area contributed by atoms with Crippen LogP contribution in [0, 0.1) is 0 Å². The number of anilines is 2. The van der Waals surface area contributed by atoms with Crippen LogP contribution in [0.25, 0.3) is 0 Å². The number of nitrogens with one attached hydrogen (secondary N) is 1. The summed E-state index contributed by atoms with van der Waals surface area (Å²) in [6.45, 7) is 0.625. The van der Waals surface area contributed by atoms with Crippen molar-refractivity contribution in [3.63, 3.8) is 0 Å². The number of carbonyl (C=O) groups excluding carboxylic acids is 2. The minimum Gasteiger partial charge on any atom is -0.497 e. The second kappa shape index (κ2) is 8.14. The largest absolute Gasteiger partial charge is 0.497 e. The van der Waals surface area contributed by atoms with E-state index in [2.05, 4.69) is 10.3 Å². The first kappa shape index (κ1) is 18.7. The second-order valence-electron chi connectivity index (χ2n) is 6.86. The third-order valence-corrected chi connectivity index (χ3v) is 4.96. The van der Waals surface area contributed by atoms with Crippen LogP contribution in [0.5, 0.6) is 5.75 Å². The van der Waals surface area contributed by atoms with Crippen LogP contribution < -0.4 is 15.0 Å². The predicted octanol–water partition coefficient (Wildman–Crippen LogP) is 3.47. The molecule has 6 nitrogen and oxygen atoms in total. The third kappa shape index (κ3) is 4.11. The fourth-order valence-corrected chi connectivity index (χ4v) is 3.45. The molecule has 0 unspecified atom stereocenters. The summed E-state index contributed by atoms with van der Waals surface area (Å²) in [5.74, 6) is 0.583. The van der Waals surface area contributed by atoms with Crippen molar-refractivity contribution < 1.29 is 14.3 Å². The van der Waals surface area contributed by atoms with Crippen LogP contribution in [0.4, 0.5) is 11.4 Å². The number of pyridine rings is 1. The van der Waals surface area contributed by atoms with Gasteiger partial charge in [0.05, 0.1) is 13.5 Å². The van der Waals surface area contributed by atoms with E-state index in [1.165, 1.54) is 0 Å². The van der Waals surface area contributed by atoms with E-state index in [0.29, 0.717) is 17.8 Å². The number of hydrogen-bond acceptors (Lipinski definition) is 4. The molecule has 0 saturated heterocycles. The normalized spacial score (nSPS) is 12.4. The molecule has 29 heavy (non-hydrogen) atoms. The summed E-state index contributed by atoms with van der Waals surface area (Å²) >= 11 is 0. The maximum Gasteiger partial charge on any atom is 0.258 e. The van der Waals surface area contributed by atoms with E-state index in [9.17, 15) is 9.59 Å². The number of amides is 2. The molecule has 2 aromatic carbocycles. The van der Waals surface area contributed by atoms with Crippen LogP contribution in [0.2, 0.25) is 0 Å². The highest BCUT2D eigenvalue weighted by molar-refractivity contribution is 6.07. The molecular formula is C23H21N3O3. The van der Waals surface area contributed by atoms with Gasteiger partial charge in [-0.2, -0.15) is 0 Å². The van der Waals surface area contributed by atoms with Gasteiger partial charge in [-0.3, -0.25) is 14.6 Å². The molecule has 0 spiro atoms. The number of nitrogens with zero attached hydrogens (tertiary/aromatic N) is 2. The Morgan fingerprint density at radius 1 is 1.07 bits per heavy atom. The Morgan fingerprint density at radius 2 is 1.83 bits per heavy atom. The molecule has 0 bridgehead atoms. The summed E-state index contributed by atoms with van der Waals surface area (Å²) in [4.78, 5) is 31.0. The zero-order valence-electron chi connectivity index (χ0n) is 16.1. The van der Waals surface area contributed by atoms with Crippen molar-refractivity contribution in [3.8, 4) is 5.75 Å². The number of benzene rings is 2. The van der Waals surface area contributed by atoms with Gasteiger partial charge in [-0.1, -0.05) is 18.2 Å². The van der Waals surface area contributed by atoms with Gasteiger partial charge in [-0.25, -0.2) is 0 Å². The molecule has 1 aliphatic rings. The molecule has 3 aromatic rings. The Bertz CT molecular complexity index is 1030. The Hall–Kier alpha value is -3.67. The molecule has 4 rings (SSSR count). The molecule has 0 fully saturated rings. The van der Waals surface area contributed by atoms with Crippen LogP contribution in [0.3, 0.4) is 0 Å². The second-order valence-corrected chi connectivity index (χ2v) is 6.86. The van der Waals surface area contributed by atoms with Gasteiger partial charge < -0.3 is 15.0 Å². The summed E-state index contributed by atoms with van der Waals surface area (Å²) in [5, 5.41) is 2.93. The number of ether oxygens (including phenoxy) is 1. The van der Waals surface area contributed by atoms with Gasteiger partial charge in [0.25, 0.3) is 5.91 Å². The van der Waals surface area contributed by atoms with E-state index >= 15 is 0 Å². The third-order valence-electron chi connectivity index (χ3n) is 4.96. The molecule has 0 aliphatic carbocycles. The summed E-state index contributed by atoms with van der Waals surface area (Å²) in [7, 11) is 1.61. The minimum absolute atomic E-state index is 0.0622. The van der Waals surface area contributed by atoms with E-state index in [4.69, 9.17) is 4.74 Å². The van der Waals surface area contributed by atoms with Gasteiger partial charge >= 0.3 is 0 Å². The van der Waals surface area contributed by atoms with Crippen LogP contribution in [-0.2, 0) is 17.6 Å². The van der Waals surface area contributed by atoms with Gasteiger partial charge in [0.1, 0.15) is 5.75 Å². The first-order chi connectivity index (χ1) is 14.1. The molecule has 1 aromatic heterocycles. The van der Waals surface area contributed by atoms with Crippen LogP contribution >= 0.6 is 0 Å². The fourth-order valence-electron chi connectivity index (χ4n) is 3.45. The van der Waals surface area contributed by atoms with Gasteiger partial charge in [0.15, 0.2) is 0 Å². The Balaban J connectivity index is 1.47. The smallest absolute Gasteiger partial charge is 0.258 e. The number of carbonyl (C=O) groups is 2. The lowest BCUT2D eigenvalue weighted by Crippen LogP contribution is -2.29. The summed E-state index contributed by atoms with van der Waals surface area (Å²) in [6, 6.07) is 16.5.